The number of nitrogens with two attached hydrogens (primary N) is 1. The van der Waals surface area contributed by atoms with Crippen molar-refractivity contribution >= 4 is 40.9 Å². The minimum atomic E-state index is -0.362. The molecule has 5 nitrogen and oxygen atoms in total. The lowest BCUT2D eigenvalue weighted by Gasteiger charge is -2.09. The van der Waals surface area contributed by atoms with Crippen LogP contribution in [0, 0.1) is 0 Å². The number of hydrogen-bond donors (Lipinski definition) is 3. The molecule has 0 saturated carbocycles. The summed E-state index contributed by atoms with van der Waals surface area (Å²) in [5, 5.41) is 5.64. The number of nitrogens with one attached hydrogen (secondary N) is 2. The number of halogens is 1. The van der Waals surface area contributed by atoms with E-state index in [1.54, 1.807) is 24.3 Å². The van der Waals surface area contributed by atoms with Crippen molar-refractivity contribution in [2.24, 2.45) is 5.73 Å². The van der Waals surface area contributed by atoms with Gasteiger partial charge in [-0.15, -0.1) is 0 Å². The van der Waals surface area contributed by atoms with E-state index in [4.69, 9.17) is 17.3 Å². The summed E-state index contributed by atoms with van der Waals surface area (Å²) in [6, 6.07) is 14.3. The first-order valence-corrected chi connectivity index (χ1v) is 7.30. The van der Waals surface area contributed by atoms with E-state index in [0.29, 0.717) is 16.4 Å². The highest BCUT2D eigenvalue weighted by molar-refractivity contribution is 6.33. The van der Waals surface area contributed by atoms with Crippen molar-refractivity contribution in [3.8, 4) is 0 Å². The Morgan fingerprint density at radius 1 is 1.09 bits per heavy atom. The Kier molecular flexibility index (Phi) is 5.91. The van der Waals surface area contributed by atoms with Crippen LogP contribution in [-0.2, 0) is 9.59 Å². The number of anilines is 2. The van der Waals surface area contributed by atoms with Gasteiger partial charge in [0.15, 0.2) is 0 Å². The fourth-order valence-corrected chi connectivity index (χ4v) is 1.98. The molecule has 0 fully saturated rings. The molecule has 2 aromatic carbocycles. The van der Waals surface area contributed by atoms with Crippen molar-refractivity contribution in [2.45, 2.75) is 0 Å². The maximum absolute atomic E-state index is 11.9. The van der Waals surface area contributed by atoms with Crippen LogP contribution in [0.2, 0.25) is 5.02 Å². The molecular formula is C17H16ClN3O2. The largest absolute Gasteiger partial charge is 0.324 e. The van der Waals surface area contributed by atoms with Crippen LogP contribution < -0.4 is 16.4 Å². The van der Waals surface area contributed by atoms with E-state index in [9.17, 15) is 9.59 Å². The van der Waals surface area contributed by atoms with E-state index in [1.165, 1.54) is 6.08 Å². The summed E-state index contributed by atoms with van der Waals surface area (Å²) >= 11 is 5.99. The number of carbonyl (C=O) groups excluding carboxylic acids is 2. The van der Waals surface area contributed by atoms with Crippen LogP contribution in [0.1, 0.15) is 5.56 Å². The summed E-state index contributed by atoms with van der Waals surface area (Å²) in [6.45, 7) is -0.146. The summed E-state index contributed by atoms with van der Waals surface area (Å²) < 4.78 is 0. The number of benzene rings is 2. The number of rotatable bonds is 5. The summed E-state index contributed by atoms with van der Waals surface area (Å²) in [6.07, 6.45) is 3.14. The van der Waals surface area contributed by atoms with E-state index >= 15 is 0 Å². The molecule has 0 aromatic heterocycles. The highest BCUT2D eigenvalue weighted by Gasteiger charge is 2.06. The van der Waals surface area contributed by atoms with Crippen molar-refractivity contribution in [3.63, 3.8) is 0 Å². The predicted octanol–water partition coefficient (Wildman–Crippen LogP) is 2.89. The maximum atomic E-state index is 11.9. The first kappa shape index (κ1) is 16.7. The first-order chi connectivity index (χ1) is 11.1. The molecule has 0 atom stereocenters. The monoisotopic (exact) mass is 329 g/mol. The van der Waals surface area contributed by atoms with E-state index in [1.807, 2.05) is 30.3 Å². The zero-order valence-corrected chi connectivity index (χ0v) is 13.0. The van der Waals surface area contributed by atoms with Gasteiger partial charge in [0.2, 0.25) is 11.8 Å². The van der Waals surface area contributed by atoms with E-state index < -0.39 is 0 Å². The summed E-state index contributed by atoms with van der Waals surface area (Å²) in [5.41, 5.74) is 7.09. The molecule has 4 N–H and O–H groups in total. The molecule has 0 heterocycles. The number of carbonyl (C=O) groups is 2. The molecule has 0 spiro atoms. The third-order valence-corrected chi connectivity index (χ3v) is 3.25. The SMILES string of the molecule is NCC(=O)Nc1cc(NC(=O)/C=C/c2ccccc2)ccc1Cl. The quantitative estimate of drug-likeness (QED) is 0.737. The summed E-state index contributed by atoms with van der Waals surface area (Å²) in [5.74, 6) is -0.647. The lowest BCUT2D eigenvalue weighted by Crippen LogP contribution is -2.22. The molecule has 0 bridgehead atoms. The maximum Gasteiger partial charge on any atom is 0.248 e. The van der Waals surface area contributed by atoms with Gasteiger partial charge in [0.25, 0.3) is 0 Å². The Hall–Kier alpha value is -2.63. The van der Waals surface area contributed by atoms with Crippen molar-refractivity contribution in [1.82, 2.24) is 0 Å². The van der Waals surface area contributed by atoms with Crippen LogP contribution in [0.5, 0.6) is 0 Å². The lowest BCUT2D eigenvalue weighted by molar-refractivity contribution is -0.115. The highest BCUT2D eigenvalue weighted by Crippen LogP contribution is 2.25. The van der Waals surface area contributed by atoms with E-state index in [2.05, 4.69) is 10.6 Å². The topological polar surface area (TPSA) is 84.2 Å². The van der Waals surface area contributed by atoms with Crippen LogP contribution in [0.25, 0.3) is 6.08 Å². The normalized spacial score (nSPS) is 10.5. The molecular weight excluding hydrogens is 314 g/mol. The molecule has 0 aliphatic heterocycles. The first-order valence-electron chi connectivity index (χ1n) is 6.92. The van der Waals surface area contributed by atoms with Gasteiger partial charge in [-0.1, -0.05) is 41.9 Å². The van der Waals surface area contributed by atoms with Crippen LogP contribution in [-0.4, -0.2) is 18.4 Å². The van der Waals surface area contributed by atoms with Crippen molar-refractivity contribution in [1.29, 1.82) is 0 Å². The molecule has 2 rings (SSSR count). The Bertz CT molecular complexity index is 730. The molecule has 0 aliphatic rings. The van der Waals surface area contributed by atoms with E-state index in [-0.39, 0.29) is 18.4 Å². The standard InChI is InChI=1S/C17H16ClN3O2/c18-14-8-7-13(10-15(14)21-17(23)11-19)20-16(22)9-6-12-4-2-1-3-5-12/h1-10H,11,19H2,(H,20,22)(H,21,23)/b9-6+. The van der Waals surface area contributed by atoms with Crippen LogP contribution in [0.15, 0.2) is 54.6 Å². The molecule has 6 heteroatoms. The van der Waals surface area contributed by atoms with Crippen LogP contribution in [0.4, 0.5) is 11.4 Å². The molecule has 2 amide bonds. The lowest BCUT2D eigenvalue weighted by atomic mass is 10.2. The van der Waals surface area contributed by atoms with Gasteiger partial charge in [0.05, 0.1) is 17.3 Å². The van der Waals surface area contributed by atoms with Gasteiger partial charge < -0.3 is 16.4 Å². The summed E-state index contributed by atoms with van der Waals surface area (Å²) in [7, 11) is 0. The molecule has 0 radical (unpaired) electrons. The fourth-order valence-electron chi connectivity index (χ4n) is 1.82. The molecule has 0 saturated heterocycles. The van der Waals surface area contributed by atoms with Crippen molar-refractivity contribution in [3.05, 3.63) is 65.2 Å². The predicted molar refractivity (Wildman–Crippen MR) is 93.2 cm³/mol. The Morgan fingerprint density at radius 2 is 1.83 bits per heavy atom. The Morgan fingerprint density at radius 3 is 2.52 bits per heavy atom. The van der Waals surface area contributed by atoms with Gasteiger partial charge in [0.1, 0.15) is 0 Å². The zero-order valence-electron chi connectivity index (χ0n) is 12.3. The van der Waals surface area contributed by atoms with Gasteiger partial charge in [0, 0.05) is 11.8 Å². The number of hydrogen-bond acceptors (Lipinski definition) is 3. The van der Waals surface area contributed by atoms with Crippen molar-refractivity contribution in [2.75, 3.05) is 17.2 Å². The molecule has 2 aromatic rings. The van der Waals surface area contributed by atoms with Gasteiger partial charge in [-0.2, -0.15) is 0 Å². The smallest absolute Gasteiger partial charge is 0.248 e. The summed E-state index contributed by atoms with van der Waals surface area (Å²) in [4.78, 5) is 23.3. The third-order valence-electron chi connectivity index (χ3n) is 2.92. The molecule has 118 valence electrons. The average Bonchev–Trinajstić information content (AvgIpc) is 2.57. The third kappa shape index (κ3) is 5.25. The number of amides is 2. The van der Waals surface area contributed by atoms with Crippen LogP contribution in [0.3, 0.4) is 0 Å². The second-order valence-corrected chi connectivity index (χ2v) is 5.09. The minimum absolute atomic E-state index is 0.146. The van der Waals surface area contributed by atoms with E-state index in [0.717, 1.165) is 5.56 Å². The average molecular weight is 330 g/mol. The molecule has 23 heavy (non-hydrogen) atoms. The Labute approximate surface area is 139 Å². The van der Waals surface area contributed by atoms with Gasteiger partial charge >= 0.3 is 0 Å². The molecule has 0 aliphatic carbocycles. The highest BCUT2D eigenvalue weighted by atomic mass is 35.5. The van der Waals surface area contributed by atoms with Crippen molar-refractivity contribution < 1.29 is 9.59 Å². The van der Waals surface area contributed by atoms with Crippen LogP contribution >= 0.6 is 11.6 Å². The Balaban J connectivity index is 2.05. The molecule has 0 unspecified atom stereocenters. The van der Waals surface area contributed by atoms with Gasteiger partial charge in [-0.3, -0.25) is 9.59 Å². The van der Waals surface area contributed by atoms with Gasteiger partial charge in [-0.05, 0) is 29.8 Å². The second kappa shape index (κ2) is 8.12. The van der Waals surface area contributed by atoms with Gasteiger partial charge in [-0.25, -0.2) is 0 Å². The second-order valence-electron chi connectivity index (χ2n) is 4.68. The fraction of sp³-hybridized carbons (Fsp3) is 0.0588. The zero-order chi connectivity index (χ0) is 16.7. The minimum Gasteiger partial charge on any atom is -0.324 e.